The van der Waals surface area contributed by atoms with Crippen LogP contribution in [0.2, 0.25) is 0 Å². The van der Waals surface area contributed by atoms with Crippen molar-refractivity contribution >= 4 is 33.2 Å². The Morgan fingerprint density at radius 3 is 2.64 bits per heavy atom. The van der Waals surface area contributed by atoms with E-state index in [9.17, 15) is 12.8 Å². The van der Waals surface area contributed by atoms with Crippen molar-refractivity contribution in [3.05, 3.63) is 41.3 Å². The smallest absolute Gasteiger partial charge is 0.301 e. The first-order valence-electron chi connectivity index (χ1n) is 10.3. The minimum Gasteiger partial charge on any atom is -0.368 e. The van der Waals surface area contributed by atoms with Crippen molar-refractivity contribution in [2.75, 3.05) is 23.5 Å². The van der Waals surface area contributed by atoms with Crippen molar-refractivity contribution in [1.82, 2.24) is 19.3 Å². The van der Waals surface area contributed by atoms with Gasteiger partial charge in [-0.2, -0.15) is 12.7 Å². The van der Waals surface area contributed by atoms with Crippen LogP contribution in [0.3, 0.4) is 0 Å². The molecule has 4 rings (SSSR count). The van der Waals surface area contributed by atoms with Gasteiger partial charge >= 0.3 is 10.2 Å². The van der Waals surface area contributed by atoms with Gasteiger partial charge in [0.15, 0.2) is 5.82 Å². The van der Waals surface area contributed by atoms with Gasteiger partial charge in [-0.3, -0.25) is 4.72 Å². The number of thiazole rings is 1. The fraction of sp³-hybridized carbons (Fsp3) is 0.381. The van der Waals surface area contributed by atoms with E-state index in [1.54, 1.807) is 6.07 Å². The average molecular weight is 495 g/mol. The summed E-state index contributed by atoms with van der Waals surface area (Å²) >= 11 is 1.36. The van der Waals surface area contributed by atoms with E-state index in [0.29, 0.717) is 16.3 Å². The number of halogens is 2. The molecule has 12 heteroatoms. The molecule has 0 aliphatic carbocycles. The van der Waals surface area contributed by atoms with Crippen molar-refractivity contribution in [2.24, 2.45) is 0 Å². The third-order valence-corrected chi connectivity index (χ3v) is 8.09. The van der Waals surface area contributed by atoms with Crippen LogP contribution >= 0.6 is 11.3 Å². The van der Waals surface area contributed by atoms with E-state index in [2.05, 4.69) is 19.7 Å². The summed E-state index contributed by atoms with van der Waals surface area (Å²) in [7, 11) is -4.10. The first-order valence-corrected chi connectivity index (χ1v) is 12.5. The Bertz CT molecular complexity index is 1290. The summed E-state index contributed by atoms with van der Waals surface area (Å²) in [6, 6.07) is 6.03. The molecule has 176 valence electrons. The van der Waals surface area contributed by atoms with Gasteiger partial charge in [0.2, 0.25) is 5.95 Å². The van der Waals surface area contributed by atoms with Gasteiger partial charge in [0.1, 0.15) is 6.17 Å². The number of aromatic nitrogens is 3. The number of anilines is 2. The lowest BCUT2D eigenvalue weighted by Crippen LogP contribution is -2.34. The molecular weight excluding hydrogens is 470 g/mol. The zero-order chi connectivity index (χ0) is 24.0. The molecule has 0 saturated carbocycles. The van der Waals surface area contributed by atoms with E-state index < -0.39 is 22.2 Å². The second-order valence-corrected chi connectivity index (χ2v) is 11.4. The number of nitrogen functional groups attached to an aromatic ring is 1. The van der Waals surface area contributed by atoms with E-state index in [-0.39, 0.29) is 42.1 Å². The normalized spacial score (nSPS) is 17.4. The lowest BCUT2D eigenvalue weighted by Gasteiger charge is -2.18. The molecule has 2 aromatic heterocycles. The minimum absolute atomic E-state index is 0.0398. The molecule has 1 aliphatic heterocycles. The molecule has 1 aliphatic rings. The van der Waals surface area contributed by atoms with E-state index in [0.717, 1.165) is 9.31 Å². The fourth-order valence-corrected chi connectivity index (χ4v) is 5.78. The predicted molar refractivity (Wildman–Crippen MR) is 125 cm³/mol. The number of hydrogen-bond donors (Lipinski definition) is 2. The standard InChI is InChI=1S/C21H24F2N6O2S2/c1-21(2,3)19-27-17(18(32-19)15-7-9-25-20(24)26-15)13-5-4-6-14(16(13)23)28-33(30,31)29-10-8-12(22)11-29/h4-7,9,12,28H,8,10-11H2,1-3H3,(H2,24,25,26)/t12-/m0/s1. The van der Waals surface area contributed by atoms with Gasteiger partial charge in [0, 0.05) is 30.3 Å². The molecule has 8 nitrogen and oxygen atoms in total. The van der Waals surface area contributed by atoms with Gasteiger partial charge in [-0.1, -0.05) is 26.8 Å². The summed E-state index contributed by atoms with van der Waals surface area (Å²) in [5.41, 5.74) is 6.12. The van der Waals surface area contributed by atoms with Crippen LogP contribution in [0.4, 0.5) is 20.4 Å². The Hall–Kier alpha value is -2.70. The van der Waals surface area contributed by atoms with Gasteiger partial charge in [-0.15, -0.1) is 11.3 Å². The maximum atomic E-state index is 15.6. The van der Waals surface area contributed by atoms with E-state index in [1.165, 1.54) is 35.7 Å². The molecule has 33 heavy (non-hydrogen) atoms. The summed E-state index contributed by atoms with van der Waals surface area (Å²) in [5.74, 6) is -0.714. The van der Waals surface area contributed by atoms with E-state index in [4.69, 9.17) is 5.73 Å². The zero-order valence-electron chi connectivity index (χ0n) is 18.3. The highest BCUT2D eigenvalue weighted by Gasteiger charge is 2.32. The van der Waals surface area contributed by atoms with Crippen molar-refractivity contribution in [3.63, 3.8) is 0 Å². The van der Waals surface area contributed by atoms with E-state index in [1.807, 2.05) is 20.8 Å². The number of benzene rings is 1. The van der Waals surface area contributed by atoms with Crippen LogP contribution < -0.4 is 10.5 Å². The average Bonchev–Trinajstić information content (AvgIpc) is 3.36. The lowest BCUT2D eigenvalue weighted by molar-refractivity contribution is 0.343. The number of nitrogens with two attached hydrogens (primary N) is 1. The van der Waals surface area contributed by atoms with Gasteiger partial charge in [0.25, 0.3) is 0 Å². The van der Waals surface area contributed by atoms with Gasteiger partial charge in [-0.25, -0.2) is 23.7 Å². The summed E-state index contributed by atoms with van der Waals surface area (Å²) in [5, 5.41) is 0.751. The molecule has 1 saturated heterocycles. The first-order chi connectivity index (χ1) is 15.5. The van der Waals surface area contributed by atoms with Crippen molar-refractivity contribution in [3.8, 4) is 21.8 Å². The number of nitrogens with zero attached hydrogens (tertiary/aromatic N) is 4. The van der Waals surface area contributed by atoms with Crippen LogP contribution in [0.15, 0.2) is 30.5 Å². The lowest BCUT2D eigenvalue weighted by atomic mass is 9.98. The highest BCUT2D eigenvalue weighted by molar-refractivity contribution is 7.90. The molecule has 0 spiro atoms. The molecule has 3 aromatic rings. The Kier molecular flexibility index (Phi) is 6.10. The van der Waals surface area contributed by atoms with Crippen LogP contribution in [-0.4, -0.2) is 46.9 Å². The number of hydrogen-bond acceptors (Lipinski definition) is 7. The second-order valence-electron chi connectivity index (χ2n) is 8.77. The SMILES string of the molecule is CC(C)(C)c1nc(-c2cccc(NS(=O)(=O)N3CC[C@H](F)C3)c2F)c(-c2ccnc(N)n2)s1. The molecule has 0 bridgehead atoms. The molecular formula is C21H24F2N6O2S2. The molecule has 3 heterocycles. The van der Waals surface area contributed by atoms with Crippen molar-refractivity contribution in [1.29, 1.82) is 0 Å². The Morgan fingerprint density at radius 2 is 2.00 bits per heavy atom. The number of alkyl halides is 1. The first kappa shape index (κ1) is 23.5. The summed E-state index contributed by atoms with van der Waals surface area (Å²) in [6.45, 7) is 5.75. The van der Waals surface area contributed by atoms with Crippen molar-refractivity contribution in [2.45, 2.75) is 38.8 Å². The molecule has 0 unspecified atom stereocenters. The maximum absolute atomic E-state index is 15.6. The largest absolute Gasteiger partial charge is 0.368 e. The quantitative estimate of drug-likeness (QED) is 0.554. The highest BCUT2D eigenvalue weighted by atomic mass is 32.2. The fourth-order valence-electron chi connectivity index (χ4n) is 3.40. The van der Waals surface area contributed by atoms with E-state index >= 15 is 4.39 Å². The minimum atomic E-state index is -4.10. The monoisotopic (exact) mass is 494 g/mol. The summed E-state index contributed by atoms with van der Waals surface area (Å²) in [4.78, 5) is 13.4. The topological polar surface area (TPSA) is 114 Å². The Labute approximate surface area is 195 Å². The molecule has 3 N–H and O–H groups in total. The third-order valence-electron chi connectivity index (χ3n) is 5.10. The van der Waals surface area contributed by atoms with Crippen LogP contribution in [0.25, 0.3) is 21.8 Å². The van der Waals surface area contributed by atoms with Crippen molar-refractivity contribution < 1.29 is 17.2 Å². The predicted octanol–water partition coefficient (Wildman–Crippen LogP) is 3.99. The van der Waals surface area contributed by atoms with Crippen LogP contribution in [0, 0.1) is 5.82 Å². The van der Waals surface area contributed by atoms with Gasteiger partial charge in [-0.05, 0) is 24.6 Å². The zero-order valence-corrected chi connectivity index (χ0v) is 20.0. The third kappa shape index (κ3) is 4.82. The summed E-state index contributed by atoms with van der Waals surface area (Å²) < 4.78 is 57.6. The summed E-state index contributed by atoms with van der Waals surface area (Å²) in [6.07, 6.45) is 0.391. The van der Waals surface area contributed by atoms with Crippen LogP contribution in [0.5, 0.6) is 0 Å². The Balaban J connectivity index is 1.79. The van der Waals surface area contributed by atoms with Crippen LogP contribution in [-0.2, 0) is 15.6 Å². The molecule has 0 amide bonds. The molecule has 0 radical (unpaired) electrons. The number of nitrogens with one attached hydrogen (secondary N) is 1. The van der Waals surface area contributed by atoms with Gasteiger partial charge in [0.05, 0.1) is 27.0 Å². The maximum Gasteiger partial charge on any atom is 0.301 e. The molecule has 1 atom stereocenters. The molecule has 1 fully saturated rings. The molecule has 1 aromatic carbocycles. The number of rotatable bonds is 5. The van der Waals surface area contributed by atoms with Crippen LogP contribution in [0.1, 0.15) is 32.2 Å². The second kappa shape index (κ2) is 8.58. The van der Waals surface area contributed by atoms with Gasteiger partial charge < -0.3 is 5.73 Å². The highest BCUT2D eigenvalue weighted by Crippen LogP contribution is 2.41. The Morgan fingerprint density at radius 1 is 1.24 bits per heavy atom.